The Labute approximate surface area is 146 Å². The molecule has 0 atom stereocenters. The van der Waals surface area contributed by atoms with Gasteiger partial charge in [-0.15, -0.1) is 11.3 Å². The van der Waals surface area contributed by atoms with Crippen LogP contribution in [0.5, 0.6) is 0 Å². The average molecular weight is 329 g/mol. The summed E-state index contributed by atoms with van der Waals surface area (Å²) in [7, 11) is 0. The average Bonchev–Trinajstić information content (AvgIpc) is 2.92. The lowest BCUT2D eigenvalue weighted by Gasteiger charge is -2.05. The van der Waals surface area contributed by atoms with E-state index in [9.17, 15) is 0 Å². The quantitative estimate of drug-likeness (QED) is 0.406. The number of nitrogens with zero attached hydrogens (tertiary/aromatic N) is 1. The van der Waals surface area contributed by atoms with E-state index < -0.39 is 0 Å². The Bertz CT molecular complexity index is 1010. The van der Waals surface area contributed by atoms with E-state index in [1.807, 2.05) is 17.5 Å². The molecule has 4 rings (SSSR count). The van der Waals surface area contributed by atoms with Crippen LogP contribution in [0.3, 0.4) is 0 Å². The number of hydrogen-bond acceptors (Lipinski definition) is 2. The Balaban J connectivity index is 1.98. The highest BCUT2D eigenvalue weighted by Crippen LogP contribution is 2.41. The third kappa shape index (κ3) is 2.53. The molecule has 1 nitrogen and oxygen atoms in total. The van der Waals surface area contributed by atoms with Crippen molar-refractivity contribution in [1.29, 1.82) is 0 Å². The van der Waals surface area contributed by atoms with Gasteiger partial charge in [-0.3, -0.25) is 4.98 Å². The van der Waals surface area contributed by atoms with Gasteiger partial charge < -0.3 is 0 Å². The second kappa shape index (κ2) is 5.88. The zero-order valence-corrected chi connectivity index (χ0v) is 14.9. The van der Waals surface area contributed by atoms with Gasteiger partial charge in [-0.1, -0.05) is 47.5 Å². The molecular formula is C22H19NS. The van der Waals surface area contributed by atoms with Gasteiger partial charge >= 0.3 is 0 Å². The molecule has 2 heterocycles. The summed E-state index contributed by atoms with van der Waals surface area (Å²) in [5.41, 5.74) is 7.48. The van der Waals surface area contributed by atoms with E-state index in [1.54, 1.807) is 0 Å². The van der Waals surface area contributed by atoms with Crippen LogP contribution in [0.4, 0.5) is 0 Å². The highest BCUT2D eigenvalue weighted by molar-refractivity contribution is 7.23. The maximum Gasteiger partial charge on any atom is 0.0880 e. The van der Waals surface area contributed by atoms with Crippen molar-refractivity contribution in [3.05, 3.63) is 77.5 Å². The molecule has 0 N–H and O–H groups in total. The molecule has 118 valence electrons. The molecule has 0 spiro atoms. The van der Waals surface area contributed by atoms with Gasteiger partial charge in [0.15, 0.2) is 0 Å². The van der Waals surface area contributed by atoms with Crippen molar-refractivity contribution in [1.82, 2.24) is 4.98 Å². The fourth-order valence-corrected chi connectivity index (χ4v) is 4.65. The predicted molar refractivity (Wildman–Crippen MR) is 105 cm³/mol. The number of benzene rings is 2. The van der Waals surface area contributed by atoms with Crippen molar-refractivity contribution < 1.29 is 0 Å². The summed E-state index contributed by atoms with van der Waals surface area (Å²) in [6, 6.07) is 19.4. The molecule has 2 heteroatoms. The SMILES string of the molecule is Cc1cc(C)cc(-c2nccc3c(C)c(-c4ccccc4)sc23)c1. The fraction of sp³-hybridized carbons (Fsp3) is 0.136. The van der Waals surface area contributed by atoms with Gasteiger partial charge in [-0.25, -0.2) is 0 Å². The van der Waals surface area contributed by atoms with E-state index in [2.05, 4.69) is 75.4 Å². The summed E-state index contributed by atoms with van der Waals surface area (Å²) in [6.45, 7) is 6.50. The zero-order chi connectivity index (χ0) is 16.7. The first-order chi connectivity index (χ1) is 11.6. The lowest BCUT2D eigenvalue weighted by molar-refractivity contribution is 1.33. The van der Waals surface area contributed by atoms with Gasteiger partial charge in [-0.05, 0) is 55.5 Å². The predicted octanol–water partition coefficient (Wildman–Crippen LogP) is 6.56. The molecule has 4 aromatic rings. The Morgan fingerprint density at radius 2 is 1.50 bits per heavy atom. The van der Waals surface area contributed by atoms with Crippen LogP contribution in [0.15, 0.2) is 60.8 Å². The summed E-state index contributed by atoms with van der Waals surface area (Å²) < 4.78 is 1.28. The van der Waals surface area contributed by atoms with E-state index in [1.165, 1.54) is 42.8 Å². The first kappa shape index (κ1) is 15.1. The standard InChI is InChI=1S/C22H19NS/c1-14-11-15(2)13-18(12-14)20-22-19(9-10-23-20)16(3)21(24-22)17-7-5-4-6-8-17/h4-13H,1-3H3. The van der Waals surface area contributed by atoms with E-state index in [-0.39, 0.29) is 0 Å². The third-order valence-electron chi connectivity index (χ3n) is 4.38. The van der Waals surface area contributed by atoms with Gasteiger partial charge in [0.25, 0.3) is 0 Å². The Hall–Kier alpha value is -2.45. The molecule has 0 bridgehead atoms. The summed E-state index contributed by atoms with van der Waals surface area (Å²) in [5, 5.41) is 1.31. The van der Waals surface area contributed by atoms with E-state index in [0.29, 0.717) is 0 Å². The van der Waals surface area contributed by atoms with E-state index in [4.69, 9.17) is 4.98 Å². The van der Waals surface area contributed by atoms with Crippen LogP contribution in [-0.4, -0.2) is 4.98 Å². The van der Waals surface area contributed by atoms with Crippen molar-refractivity contribution >= 4 is 21.4 Å². The molecule has 24 heavy (non-hydrogen) atoms. The monoisotopic (exact) mass is 329 g/mol. The first-order valence-electron chi connectivity index (χ1n) is 8.15. The molecule has 0 aliphatic carbocycles. The summed E-state index contributed by atoms with van der Waals surface area (Å²) in [5.74, 6) is 0. The minimum atomic E-state index is 1.09. The van der Waals surface area contributed by atoms with Crippen LogP contribution in [0, 0.1) is 20.8 Å². The molecule has 2 aromatic heterocycles. The number of thiophene rings is 1. The number of rotatable bonds is 2. The van der Waals surface area contributed by atoms with Crippen LogP contribution < -0.4 is 0 Å². The lowest BCUT2D eigenvalue weighted by atomic mass is 10.0. The van der Waals surface area contributed by atoms with Crippen molar-refractivity contribution in [2.45, 2.75) is 20.8 Å². The molecule has 0 unspecified atom stereocenters. The van der Waals surface area contributed by atoms with Crippen LogP contribution in [0.2, 0.25) is 0 Å². The Kier molecular flexibility index (Phi) is 3.70. The van der Waals surface area contributed by atoms with Crippen molar-refractivity contribution in [3.63, 3.8) is 0 Å². The second-order valence-corrected chi connectivity index (χ2v) is 7.36. The molecular weight excluding hydrogens is 310 g/mol. The summed E-state index contributed by atoms with van der Waals surface area (Å²) in [4.78, 5) is 6.06. The molecule has 0 saturated heterocycles. The van der Waals surface area contributed by atoms with E-state index >= 15 is 0 Å². The summed E-state index contributed by atoms with van der Waals surface area (Å²) in [6.07, 6.45) is 1.93. The number of aryl methyl sites for hydroxylation is 3. The van der Waals surface area contributed by atoms with Gasteiger partial charge in [0.1, 0.15) is 0 Å². The van der Waals surface area contributed by atoms with Gasteiger partial charge in [0, 0.05) is 16.6 Å². The zero-order valence-electron chi connectivity index (χ0n) is 14.1. The minimum absolute atomic E-state index is 1.09. The molecule has 0 aliphatic heterocycles. The molecule has 2 aromatic carbocycles. The van der Waals surface area contributed by atoms with E-state index in [0.717, 1.165) is 5.69 Å². The van der Waals surface area contributed by atoms with Gasteiger partial charge in [0.05, 0.1) is 10.4 Å². The van der Waals surface area contributed by atoms with Crippen LogP contribution in [0.25, 0.3) is 31.8 Å². The van der Waals surface area contributed by atoms with Gasteiger partial charge in [0.2, 0.25) is 0 Å². The van der Waals surface area contributed by atoms with Crippen molar-refractivity contribution in [3.8, 4) is 21.7 Å². The topological polar surface area (TPSA) is 12.9 Å². The van der Waals surface area contributed by atoms with Gasteiger partial charge in [-0.2, -0.15) is 0 Å². The van der Waals surface area contributed by atoms with Crippen LogP contribution in [0.1, 0.15) is 16.7 Å². The maximum atomic E-state index is 4.72. The number of aromatic nitrogens is 1. The molecule has 0 aliphatic rings. The Morgan fingerprint density at radius 3 is 2.21 bits per heavy atom. The van der Waals surface area contributed by atoms with Crippen LogP contribution in [-0.2, 0) is 0 Å². The number of hydrogen-bond donors (Lipinski definition) is 0. The fourth-order valence-electron chi connectivity index (χ4n) is 3.33. The smallest absolute Gasteiger partial charge is 0.0880 e. The highest BCUT2D eigenvalue weighted by Gasteiger charge is 2.15. The van der Waals surface area contributed by atoms with Crippen molar-refractivity contribution in [2.24, 2.45) is 0 Å². The Morgan fingerprint density at radius 1 is 0.792 bits per heavy atom. The number of fused-ring (bicyclic) bond motifs is 1. The van der Waals surface area contributed by atoms with Crippen LogP contribution >= 0.6 is 11.3 Å². The molecule has 0 amide bonds. The lowest BCUT2D eigenvalue weighted by Crippen LogP contribution is -1.86. The largest absolute Gasteiger partial charge is 0.255 e. The number of pyridine rings is 1. The first-order valence-corrected chi connectivity index (χ1v) is 8.97. The summed E-state index contributed by atoms with van der Waals surface area (Å²) >= 11 is 1.85. The van der Waals surface area contributed by atoms with Crippen molar-refractivity contribution in [2.75, 3.05) is 0 Å². The third-order valence-corrected chi connectivity index (χ3v) is 5.75. The minimum Gasteiger partial charge on any atom is -0.255 e. The normalized spacial score (nSPS) is 11.1. The highest BCUT2D eigenvalue weighted by atomic mass is 32.1. The second-order valence-electron chi connectivity index (χ2n) is 6.33. The maximum absolute atomic E-state index is 4.72. The molecule has 0 radical (unpaired) electrons. The molecule has 0 fully saturated rings. The molecule has 0 saturated carbocycles.